The number of rotatable bonds is 6. The van der Waals surface area contributed by atoms with E-state index in [-0.39, 0.29) is 30.7 Å². The Hall–Kier alpha value is -0.710. The molecule has 1 saturated carbocycles. The van der Waals surface area contributed by atoms with Gasteiger partial charge in [0.1, 0.15) is 0 Å². The summed E-state index contributed by atoms with van der Waals surface area (Å²) in [5.74, 6) is -2.46. The van der Waals surface area contributed by atoms with Crippen molar-refractivity contribution in [2.75, 3.05) is 19.6 Å². The highest BCUT2D eigenvalue weighted by Gasteiger charge is 2.39. The number of halogens is 2. The van der Waals surface area contributed by atoms with Crippen molar-refractivity contribution in [2.24, 2.45) is 5.92 Å². The summed E-state index contributed by atoms with van der Waals surface area (Å²) in [6.45, 7) is 7.54. The van der Waals surface area contributed by atoms with Gasteiger partial charge in [-0.25, -0.2) is 8.78 Å². The number of nitrogens with zero attached hydrogens (tertiary/aromatic N) is 1. The van der Waals surface area contributed by atoms with Crippen LogP contribution < -0.4 is 5.32 Å². The SMILES string of the molecule is CCN(CC)C(=O)C(C)NCC1CCC(F)(F)C1. The van der Waals surface area contributed by atoms with Crippen molar-refractivity contribution in [3.8, 4) is 0 Å². The molecule has 0 aromatic heterocycles. The molecule has 0 aromatic rings. The molecule has 106 valence electrons. The van der Waals surface area contributed by atoms with Crippen molar-refractivity contribution in [1.82, 2.24) is 10.2 Å². The number of amides is 1. The molecule has 1 aliphatic rings. The van der Waals surface area contributed by atoms with Crippen LogP contribution in [0.4, 0.5) is 8.78 Å². The third-order valence-electron chi connectivity index (χ3n) is 3.66. The van der Waals surface area contributed by atoms with Crippen LogP contribution in [0.3, 0.4) is 0 Å². The zero-order valence-corrected chi connectivity index (χ0v) is 11.5. The molecule has 1 N–H and O–H groups in total. The number of likely N-dealkylation sites (N-methyl/N-ethyl adjacent to an activating group) is 1. The second-order valence-electron chi connectivity index (χ2n) is 5.11. The largest absolute Gasteiger partial charge is 0.342 e. The molecule has 0 radical (unpaired) electrons. The van der Waals surface area contributed by atoms with E-state index in [1.54, 1.807) is 11.8 Å². The molecule has 0 heterocycles. The van der Waals surface area contributed by atoms with Gasteiger partial charge in [-0.2, -0.15) is 0 Å². The molecule has 1 amide bonds. The molecule has 1 rings (SSSR count). The molecule has 1 aliphatic carbocycles. The second-order valence-corrected chi connectivity index (χ2v) is 5.11. The van der Waals surface area contributed by atoms with Crippen LogP contribution in [0.1, 0.15) is 40.0 Å². The zero-order chi connectivity index (χ0) is 13.8. The van der Waals surface area contributed by atoms with Gasteiger partial charge in [-0.3, -0.25) is 4.79 Å². The van der Waals surface area contributed by atoms with Crippen LogP contribution >= 0.6 is 0 Å². The minimum atomic E-state index is -2.50. The van der Waals surface area contributed by atoms with Gasteiger partial charge in [0.05, 0.1) is 6.04 Å². The average Bonchev–Trinajstić information content (AvgIpc) is 2.67. The van der Waals surface area contributed by atoms with Crippen molar-refractivity contribution >= 4 is 5.91 Å². The van der Waals surface area contributed by atoms with Gasteiger partial charge in [-0.15, -0.1) is 0 Å². The van der Waals surface area contributed by atoms with E-state index in [9.17, 15) is 13.6 Å². The molecule has 2 unspecified atom stereocenters. The number of hydrogen-bond acceptors (Lipinski definition) is 2. The first-order valence-corrected chi connectivity index (χ1v) is 6.79. The fourth-order valence-corrected chi connectivity index (χ4v) is 2.46. The van der Waals surface area contributed by atoms with E-state index in [1.165, 1.54) is 0 Å². The van der Waals surface area contributed by atoms with Crippen LogP contribution in [0.15, 0.2) is 0 Å². The Morgan fingerprint density at radius 2 is 2.06 bits per heavy atom. The molecule has 18 heavy (non-hydrogen) atoms. The third kappa shape index (κ3) is 4.19. The number of carbonyl (C=O) groups excluding carboxylic acids is 1. The summed E-state index contributed by atoms with van der Waals surface area (Å²) < 4.78 is 26.0. The summed E-state index contributed by atoms with van der Waals surface area (Å²) in [5, 5.41) is 3.09. The van der Waals surface area contributed by atoms with E-state index in [0.29, 0.717) is 26.1 Å². The van der Waals surface area contributed by atoms with Crippen molar-refractivity contribution in [1.29, 1.82) is 0 Å². The number of carbonyl (C=O) groups is 1. The van der Waals surface area contributed by atoms with E-state index in [4.69, 9.17) is 0 Å². The van der Waals surface area contributed by atoms with Crippen LogP contribution in [-0.2, 0) is 4.79 Å². The Balaban J connectivity index is 2.33. The van der Waals surface area contributed by atoms with Gasteiger partial charge in [0.2, 0.25) is 11.8 Å². The van der Waals surface area contributed by atoms with Crippen LogP contribution in [0.5, 0.6) is 0 Å². The maximum Gasteiger partial charge on any atom is 0.248 e. The van der Waals surface area contributed by atoms with Gasteiger partial charge in [0.25, 0.3) is 0 Å². The summed E-state index contributed by atoms with van der Waals surface area (Å²) in [6, 6.07) is -0.292. The first-order valence-electron chi connectivity index (χ1n) is 6.79. The average molecular weight is 262 g/mol. The highest BCUT2D eigenvalue weighted by Crippen LogP contribution is 2.38. The number of nitrogens with one attached hydrogen (secondary N) is 1. The molecule has 0 bridgehead atoms. The van der Waals surface area contributed by atoms with E-state index in [1.807, 2.05) is 13.8 Å². The lowest BCUT2D eigenvalue weighted by molar-refractivity contribution is -0.132. The maximum atomic E-state index is 13.0. The lowest BCUT2D eigenvalue weighted by atomic mass is 10.1. The fourth-order valence-electron chi connectivity index (χ4n) is 2.46. The molecule has 3 nitrogen and oxygen atoms in total. The number of alkyl halides is 2. The lowest BCUT2D eigenvalue weighted by Crippen LogP contribution is -2.45. The van der Waals surface area contributed by atoms with Crippen LogP contribution in [0.2, 0.25) is 0 Å². The van der Waals surface area contributed by atoms with Gasteiger partial charge in [-0.1, -0.05) is 0 Å². The van der Waals surface area contributed by atoms with Gasteiger partial charge >= 0.3 is 0 Å². The highest BCUT2D eigenvalue weighted by molar-refractivity contribution is 5.81. The zero-order valence-electron chi connectivity index (χ0n) is 11.5. The van der Waals surface area contributed by atoms with Crippen LogP contribution in [0.25, 0.3) is 0 Å². The van der Waals surface area contributed by atoms with E-state index >= 15 is 0 Å². The van der Waals surface area contributed by atoms with E-state index in [2.05, 4.69) is 5.32 Å². The predicted octanol–water partition coefficient (Wildman–Crippen LogP) is 2.27. The summed E-state index contributed by atoms with van der Waals surface area (Å²) in [6.07, 6.45) is 0.482. The standard InChI is InChI=1S/C13H24F2N2O/c1-4-17(5-2)12(18)10(3)16-9-11-6-7-13(14,15)8-11/h10-11,16H,4-9H2,1-3H3. The third-order valence-corrected chi connectivity index (χ3v) is 3.66. The Morgan fingerprint density at radius 1 is 1.44 bits per heavy atom. The molecule has 0 spiro atoms. The molecule has 0 saturated heterocycles. The maximum absolute atomic E-state index is 13.0. The first kappa shape index (κ1) is 15.3. The molecule has 1 fully saturated rings. The minimum Gasteiger partial charge on any atom is -0.342 e. The van der Waals surface area contributed by atoms with Gasteiger partial charge in [-0.05, 0) is 39.7 Å². The van der Waals surface area contributed by atoms with Crippen LogP contribution in [-0.4, -0.2) is 42.4 Å². The van der Waals surface area contributed by atoms with Gasteiger partial charge < -0.3 is 10.2 Å². The van der Waals surface area contributed by atoms with Crippen molar-refractivity contribution in [3.05, 3.63) is 0 Å². The number of hydrogen-bond donors (Lipinski definition) is 1. The quantitative estimate of drug-likeness (QED) is 0.796. The van der Waals surface area contributed by atoms with Crippen molar-refractivity contribution < 1.29 is 13.6 Å². The van der Waals surface area contributed by atoms with E-state index in [0.717, 1.165) is 0 Å². The summed E-state index contributed by atoms with van der Waals surface area (Å²) in [7, 11) is 0. The Bertz CT molecular complexity index is 280. The van der Waals surface area contributed by atoms with Gasteiger partial charge in [0.15, 0.2) is 0 Å². The minimum absolute atomic E-state index is 0.00745. The summed E-state index contributed by atoms with van der Waals surface area (Å²) in [4.78, 5) is 13.7. The molecular weight excluding hydrogens is 238 g/mol. The first-order chi connectivity index (χ1) is 8.39. The molecular formula is C13H24F2N2O. The molecule has 0 aliphatic heterocycles. The topological polar surface area (TPSA) is 32.3 Å². The van der Waals surface area contributed by atoms with Crippen molar-refractivity contribution in [3.63, 3.8) is 0 Å². The summed E-state index contributed by atoms with van der Waals surface area (Å²) in [5.41, 5.74) is 0. The fraction of sp³-hybridized carbons (Fsp3) is 0.923. The Morgan fingerprint density at radius 3 is 2.50 bits per heavy atom. The lowest BCUT2D eigenvalue weighted by Gasteiger charge is -2.24. The highest BCUT2D eigenvalue weighted by atomic mass is 19.3. The molecule has 0 aromatic carbocycles. The normalized spacial score (nSPS) is 23.9. The molecule has 2 atom stereocenters. The Labute approximate surface area is 108 Å². The predicted molar refractivity (Wildman–Crippen MR) is 67.7 cm³/mol. The summed E-state index contributed by atoms with van der Waals surface area (Å²) >= 11 is 0. The van der Waals surface area contributed by atoms with E-state index < -0.39 is 5.92 Å². The smallest absolute Gasteiger partial charge is 0.248 e. The monoisotopic (exact) mass is 262 g/mol. The van der Waals surface area contributed by atoms with Crippen molar-refractivity contribution in [2.45, 2.75) is 52.0 Å². The second kappa shape index (κ2) is 6.45. The van der Waals surface area contributed by atoms with Crippen LogP contribution in [0, 0.1) is 5.92 Å². The van der Waals surface area contributed by atoms with Gasteiger partial charge in [0, 0.05) is 25.9 Å². The Kier molecular flexibility index (Phi) is 5.50. The molecule has 5 heteroatoms.